The van der Waals surface area contributed by atoms with E-state index in [1.54, 1.807) is 11.9 Å². The Morgan fingerprint density at radius 2 is 2.11 bits per heavy atom. The van der Waals surface area contributed by atoms with E-state index in [-0.39, 0.29) is 12.0 Å². The zero-order valence-electron chi connectivity index (χ0n) is 15.5. The summed E-state index contributed by atoms with van der Waals surface area (Å²) in [7, 11) is 1.80. The van der Waals surface area contributed by atoms with Crippen LogP contribution in [0, 0.1) is 0 Å². The number of ether oxygens (including phenoxy) is 2. The van der Waals surface area contributed by atoms with Crippen molar-refractivity contribution < 1.29 is 14.3 Å². The summed E-state index contributed by atoms with van der Waals surface area (Å²) < 4.78 is 13.8. The van der Waals surface area contributed by atoms with E-state index in [4.69, 9.17) is 9.47 Å². The van der Waals surface area contributed by atoms with Crippen LogP contribution in [0.3, 0.4) is 0 Å². The van der Waals surface area contributed by atoms with E-state index in [1.807, 2.05) is 24.3 Å². The maximum atomic E-state index is 12.5. The maximum Gasteiger partial charge on any atom is 0.232 e. The Bertz CT molecular complexity index is 810. The highest BCUT2D eigenvalue weighted by molar-refractivity contribution is 7.99. The van der Waals surface area contributed by atoms with Gasteiger partial charge in [0.25, 0.3) is 0 Å². The van der Waals surface area contributed by atoms with E-state index in [0.29, 0.717) is 18.9 Å². The van der Waals surface area contributed by atoms with Crippen LogP contribution in [0.15, 0.2) is 29.4 Å². The Balaban J connectivity index is 1.29. The number of aromatic nitrogens is 3. The lowest BCUT2D eigenvalue weighted by Gasteiger charge is -2.29. The topological polar surface area (TPSA) is 69.5 Å². The van der Waals surface area contributed by atoms with Crippen molar-refractivity contribution in [2.75, 3.05) is 26.0 Å². The summed E-state index contributed by atoms with van der Waals surface area (Å²) in [5.74, 6) is 2.93. The fraction of sp³-hybridized carbons (Fsp3) is 0.526. The van der Waals surface area contributed by atoms with Crippen molar-refractivity contribution >= 4 is 17.7 Å². The number of benzene rings is 1. The minimum atomic E-state index is -0.164. The number of carbonyl (C=O) groups excluding carboxylic acids is 1. The van der Waals surface area contributed by atoms with Crippen molar-refractivity contribution in [3.05, 3.63) is 30.1 Å². The third kappa shape index (κ3) is 4.21. The summed E-state index contributed by atoms with van der Waals surface area (Å²) in [6.45, 7) is 1.88. The van der Waals surface area contributed by atoms with Gasteiger partial charge in [-0.05, 0) is 25.0 Å². The molecule has 4 rings (SSSR count). The van der Waals surface area contributed by atoms with Gasteiger partial charge in [-0.2, -0.15) is 0 Å². The summed E-state index contributed by atoms with van der Waals surface area (Å²) in [5.41, 5.74) is 0. The summed E-state index contributed by atoms with van der Waals surface area (Å²) in [6.07, 6.45) is 4.34. The molecule has 0 radical (unpaired) electrons. The molecule has 0 bridgehead atoms. The van der Waals surface area contributed by atoms with E-state index in [1.165, 1.54) is 18.2 Å². The number of rotatable bonds is 5. The second kappa shape index (κ2) is 8.21. The third-order valence-electron chi connectivity index (χ3n) is 4.87. The molecule has 0 N–H and O–H groups in total. The van der Waals surface area contributed by atoms with Gasteiger partial charge in [0.1, 0.15) is 12.4 Å². The first-order valence-electron chi connectivity index (χ1n) is 9.38. The normalized spacial score (nSPS) is 18.5. The van der Waals surface area contributed by atoms with Gasteiger partial charge in [0.2, 0.25) is 5.91 Å². The molecule has 1 aromatic heterocycles. The molecule has 2 aliphatic heterocycles. The summed E-state index contributed by atoms with van der Waals surface area (Å²) in [4.78, 5) is 14.2. The lowest BCUT2D eigenvalue weighted by Crippen LogP contribution is -2.42. The van der Waals surface area contributed by atoms with Crippen LogP contribution in [0.2, 0.25) is 0 Å². The van der Waals surface area contributed by atoms with Gasteiger partial charge in [0, 0.05) is 20.0 Å². The molecular weight excluding hydrogens is 364 g/mol. The molecule has 1 unspecified atom stereocenters. The number of aryl methyl sites for hydroxylation is 1. The zero-order valence-corrected chi connectivity index (χ0v) is 16.3. The molecule has 3 heterocycles. The molecule has 0 saturated heterocycles. The molecule has 144 valence electrons. The molecule has 7 nitrogen and oxygen atoms in total. The fourth-order valence-electron chi connectivity index (χ4n) is 3.36. The predicted octanol–water partition coefficient (Wildman–Crippen LogP) is 2.40. The second-order valence-electron chi connectivity index (χ2n) is 6.92. The standard InChI is InChI=1S/C19H24N4O3S/c1-22(11-14-12-25-15-7-4-5-8-16(15)26-14)18(24)13-27-19-21-20-17-9-3-2-6-10-23(17)19/h4-5,7-8,14H,2-3,6,9-13H2,1H3. The number of fused-ring (bicyclic) bond motifs is 2. The quantitative estimate of drug-likeness (QED) is 0.733. The molecule has 1 aromatic carbocycles. The number of hydrogen-bond donors (Lipinski definition) is 0. The van der Waals surface area contributed by atoms with Crippen molar-refractivity contribution in [3.8, 4) is 11.5 Å². The molecular formula is C19H24N4O3S. The molecule has 0 fully saturated rings. The summed E-state index contributed by atoms with van der Waals surface area (Å²) in [5, 5.41) is 9.40. The van der Waals surface area contributed by atoms with Gasteiger partial charge in [0.15, 0.2) is 22.8 Å². The van der Waals surface area contributed by atoms with Gasteiger partial charge in [-0.15, -0.1) is 10.2 Å². The van der Waals surface area contributed by atoms with Crippen molar-refractivity contribution in [3.63, 3.8) is 0 Å². The van der Waals surface area contributed by atoms with Crippen molar-refractivity contribution in [1.82, 2.24) is 19.7 Å². The predicted molar refractivity (Wildman–Crippen MR) is 102 cm³/mol. The van der Waals surface area contributed by atoms with Crippen LogP contribution < -0.4 is 9.47 Å². The molecule has 2 aliphatic rings. The van der Waals surface area contributed by atoms with Crippen molar-refractivity contribution in [2.45, 2.75) is 43.5 Å². The van der Waals surface area contributed by atoms with E-state index in [0.717, 1.165) is 48.3 Å². The zero-order chi connectivity index (χ0) is 18.6. The van der Waals surface area contributed by atoms with Crippen LogP contribution in [0.5, 0.6) is 11.5 Å². The first kappa shape index (κ1) is 18.2. The smallest absolute Gasteiger partial charge is 0.232 e. The first-order valence-corrected chi connectivity index (χ1v) is 10.4. The van der Waals surface area contributed by atoms with Gasteiger partial charge in [-0.25, -0.2) is 0 Å². The second-order valence-corrected chi connectivity index (χ2v) is 7.86. The molecule has 0 saturated carbocycles. The van der Waals surface area contributed by atoms with Crippen LogP contribution in [0.4, 0.5) is 0 Å². The first-order chi connectivity index (χ1) is 13.2. The SMILES string of the molecule is CN(CC1COc2ccccc2O1)C(=O)CSc1nnc2n1CCCCC2. The molecule has 8 heteroatoms. The van der Waals surface area contributed by atoms with E-state index < -0.39 is 0 Å². The van der Waals surface area contributed by atoms with E-state index >= 15 is 0 Å². The van der Waals surface area contributed by atoms with E-state index in [9.17, 15) is 4.79 Å². The number of hydrogen-bond acceptors (Lipinski definition) is 6. The van der Waals surface area contributed by atoms with Crippen LogP contribution in [0.25, 0.3) is 0 Å². The Hall–Kier alpha value is -2.22. The highest BCUT2D eigenvalue weighted by Crippen LogP contribution is 2.31. The van der Waals surface area contributed by atoms with Crippen LogP contribution in [-0.2, 0) is 17.8 Å². The average molecular weight is 388 g/mol. The average Bonchev–Trinajstić information content (AvgIpc) is 2.92. The highest BCUT2D eigenvalue weighted by Gasteiger charge is 2.24. The van der Waals surface area contributed by atoms with Gasteiger partial charge >= 0.3 is 0 Å². The number of nitrogens with zero attached hydrogens (tertiary/aromatic N) is 4. The summed E-state index contributed by atoms with van der Waals surface area (Å²) in [6, 6.07) is 7.60. The maximum absolute atomic E-state index is 12.5. The molecule has 27 heavy (non-hydrogen) atoms. The monoisotopic (exact) mass is 388 g/mol. The molecule has 2 aromatic rings. The Morgan fingerprint density at radius 1 is 1.26 bits per heavy atom. The number of likely N-dealkylation sites (N-methyl/N-ethyl adjacent to an activating group) is 1. The van der Waals surface area contributed by atoms with Crippen LogP contribution >= 0.6 is 11.8 Å². The van der Waals surface area contributed by atoms with Crippen molar-refractivity contribution in [1.29, 1.82) is 0 Å². The van der Waals surface area contributed by atoms with Gasteiger partial charge in [-0.1, -0.05) is 30.3 Å². The third-order valence-corrected chi connectivity index (χ3v) is 5.82. The fourth-order valence-corrected chi connectivity index (χ4v) is 4.29. The molecule has 0 aliphatic carbocycles. The minimum Gasteiger partial charge on any atom is -0.486 e. The van der Waals surface area contributed by atoms with Gasteiger partial charge in [0.05, 0.1) is 12.3 Å². The summed E-state index contributed by atoms with van der Waals surface area (Å²) >= 11 is 1.46. The number of amides is 1. The Labute approximate surface area is 163 Å². The van der Waals surface area contributed by atoms with Gasteiger partial charge < -0.3 is 18.9 Å². The Morgan fingerprint density at radius 3 is 3.00 bits per heavy atom. The molecule has 1 amide bonds. The minimum absolute atomic E-state index is 0.0495. The largest absolute Gasteiger partial charge is 0.486 e. The number of carbonyl (C=O) groups is 1. The molecule has 1 atom stereocenters. The van der Waals surface area contributed by atoms with Crippen molar-refractivity contribution in [2.24, 2.45) is 0 Å². The number of thioether (sulfide) groups is 1. The Kier molecular flexibility index (Phi) is 5.52. The molecule has 0 spiro atoms. The van der Waals surface area contributed by atoms with Crippen LogP contribution in [0.1, 0.15) is 25.1 Å². The van der Waals surface area contributed by atoms with E-state index in [2.05, 4.69) is 14.8 Å². The van der Waals surface area contributed by atoms with Crippen LogP contribution in [-0.4, -0.2) is 57.6 Å². The number of para-hydroxylation sites is 2. The lowest BCUT2D eigenvalue weighted by molar-refractivity contribution is -0.128. The lowest BCUT2D eigenvalue weighted by atomic mass is 10.2. The highest BCUT2D eigenvalue weighted by atomic mass is 32.2. The van der Waals surface area contributed by atoms with Gasteiger partial charge in [-0.3, -0.25) is 4.79 Å².